The summed E-state index contributed by atoms with van der Waals surface area (Å²) in [6, 6.07) is 59.9. The van der Waals surface area contributed by atoms with Crippen LogP contribution in [0.4, 0.5) is 0 Å². The van der Waals surface area contributed by atoms with Gasteiger partial charge < -0.3 is 47.4 Å². The zero-order valence-electron chi connectivity index (χ0n) is 39.1. The first-order chi connectivity index (χ1) is 34.0. The molecule has 6 aromatic carbocycles. The summed E-state index contributed by atoms with van der Waals surface area (Å²) in [5.74, 6) is -0.460. The molecule has 11 nitrogen and oxygen atoms in total. The SMILES string of the molecule is CS[C@H]1OC(COCc2ccccc2)[C@@H](OCc2ccccc2)[C@@H](OCc2ccccc2)C1O[C@H]1OC(COC(C)=O)[C@@H](OCc2ccccc2)[C@@H](OCc2ccccc2)C1OCc1ccccc1. The van der Waals surface area contributed by atoms with Gasteiger partial charge in [0.2, 0.25) is 0 Å². The Bertz CT molecular complexity index is 2350. The van der Waals surface area contributed by atoms with E-state index < -0.39 is 66.5 Å². The maximum absolute atomic E-state index is 12.5. The quantitative estimate of drug-likeness (QED) is 0.0539. The Morgan fingerprint density at radius 2 is 0.754 bits per heavy atom. The Balaban J connectivity index is 1.17. The minimum absolute atomic E-state index is 0.129. The van der Waals surface area contributed by atoms with Crippen molar-refractivity contribution in [3.63, 3.8) is 0 Å². The smallest absolute Gasteiger partial charge is 0.302 e. The fourth-order valence-electron chi connectivity index (χ4n) is 8.48. The number of ether oxygens (including phenoxy) is 10. The summed E-state index contributed by atoms with van der Waals surface area (Å²) in [6.07, 6.45) is -5.15. The van der Waals surface area contributed by atoms with Gasteiger partial charge in [0.05, 0.1) is 46.2 Å². The van der Waals surface area contributed by atoms with Crippen LogP contribution in [0.25, 0.3) is 0 Å². The third-order valence-corrected chi connectivity index (χ3v) is 12.8. The van der Waals surface area contributed by atoms with Crippen molar-refractivity contribution in [2.75, 3.05) is 19.5 Å². The van der Waals surface area contributed by atoms with Gasteiger partial charge >= 0.3 is 5.97 Å². The van der Waals surface area contributed by atoms with E-state index in [-0.39, 0.29) is 46.2 Å². The van der Waals surface area contributed by atoms with Crippen LogP contribution < -0.4 is 0 Å². The summed E-state index contributed by atoms with van der Waals surface area (Å²) in [7, 11) is 0. The first-order valence-corrected chi connectivity index (χ1v) is 24.8. The Morgan fingerprint density at radius 3 is 1.13 bits per heavy atom. The Hall–Kier alpha value is -5.22. The molecule has 0 amide bonds. The van der Waals surface area contributed by atoms with Gasteiger partial charge in [0.15, 0.2) is 6.29 Å². The molecule has 0 saturated carbocycles. The van der Waals surface area contributed by atoms with Crippen molar-refractivity contribution in [3.05, 3.63) is 215 Å². The fraction of sp³-hybridized carbons (Fsp3) is 0.351. The summed E-state index contributed by atoms with van der Waals surface area (Å²) in [6.45, 7) is 3.10. The van der Waals surface area contributed by atoms with Gasteiger partial charge in [-0.1, -0.05) is 182 Å². The highest BCUT2D eigenvalue weighted by Crippen LogP contribution is 2.38. The van der Waals surface area contributed by atoms with Gasteiger partial charge in [0, 0.05) is 6.92 Å². The normalized spacial score (nSPS) is 24.7. The van der Waals surface area contributed by atoms with E-state index in [1.807, 2.05) is 188 Å². The number of rotatable bonds is 24. The molecule has 10 atom stereocenters. The van der Waals surface area contributed by atoms with Crippen molar-refractivity contribution in [1.82, 2.24) is 0 Å². The third-order valence-electron chi connectivity index (χ3n) is 12.0. The molecular weight excluding hydrogens is 893 g/mol. The van der Waals surface area contributed by atoms with Gasteiger partial charge in [0.25, 0.3) is 0 Å². The minimum atomic E-state index is -1.11. The van der Waals surface area contributed by atoms with Crippen molar-refractivity contribution in [1.29, 1.82) is 0 Å². The fourth-order valence-corrected chi connectivity index (χ4v) is 9.22. The minimum Gasteiger partial charge on any atom is -0.463 e. The second-order valence-corrected chi connectivity index (χ2v) is 18.0. The van der Waals surface area contributed by atoms with E-state index in [9.17, 15) is 4.79 Å². The number of hydrogen-bond donors (Lipinski definition) is 0. The molecular formula is C57H62O11S. The van der Waals surface area contributed by atoms with E-state index in [0.29, 0.717) is 6.61 Å². The zero-order valence-corrected chi connectivity index (χ0v) is 40.0. The van der Waals surface area contributed by atoms with Crippen LogP contribution in [0.15, 0.2) is 182 Å². The number of esters is 1. The zero-order chi connectivity index (χ0) is 47.5. The lowest BCUT2D eigenvalue weighted by Gasteiger charge is -2.50. The molecule has 6 aromatic rings. The average molecular weight is 955 g/mol. The highest BCUT2D eigenvalue weighted by Gasteiger charge is 2.54. The number of carbonyl (C=O) groups excluding carboxylic acids is 1. The molecule has 0 spiro atoms. The second kappa shape index (κ2) is 26.7. The molecule has 0 N–H and O–H groups in total. The lowest BCUT2D eigenvalue weighted by atomic mass is 9.96. The molecule has 362 valence electrons. The van der Waals surface area contributed by atoms with Gasteiger partial charge in [0.1, 0.15) is 60.9 Å². The van der Waals surface area contributed by atoms with Gasteiger partial charge in [-0.15, -0.1) is 11.8 Å². The van der Waals surface area contributed by atoms with Crippen LogP contribution in [0.5, 0.6) is 0 Å². The summed E-state index contributed by atoms with van der Waals surface area (Å²) < 4.78 is 68.2. The summed E-state index contributed by atoms with van der Waals surface area (Å²) in [5, 5.41) is 0. The molecule has 2 saturated heterocycles. The highest BCUT2D eigenvalue weighted by atomic mass is 32.2. The Labute approximate surface area is 410 Å². The topological polar surface area (TPSA) is 109 Å². The lowest BCUT2D eigenvalue weighted by Crippen LogP contribution is -2.65. The lowest BCUT2D eigenvalue weighted by molar-refractivity contribution is -0.356. The van der Waals surface area contributed by atoms with Crippen molar-refractivity contribution in [2.45, 2.75) is 107 Å². The van der Waals surface area contributed by atoms with Crippen LogP contribution in [-0.2, 0) is 91.8 Å². The molecule has 0 aromatic heterocycles. The van der Waals surface area contributed by atoms with Gasteiger partial charge in [-0.2, -0.15) is 0 Å². The Kier molecular flexibility index (Phi) is 19.4. The van der Waals surface area contributed by atoms with E-state index in [2.05, 4.69) is 0 Å². The molecule has 2 aliphatic rings. The van der Waals surface area contributed by atoms with Crippen LogP contribution in [0, 0.1) is 0 Å². The van der Waals surface area contributed by atoms with E-state index in [1.54, 1.807) is 0 Å². The van der Waals surface area contributed by atoms with Crippen LogP contribution in [-0.4, -0.2) is 86.0 Å². The van der Waals surface area contributed by atoms with E-state index in [4.69, 9.17) is 47.4 Å². The van der Waals surface area contributed by atoms with Crippen LogP contribution in [0.1, 0.15) is 40.3 Å². The molecule has 0 bridgehead atoms. The third kappa shape index (κ3) is 14.9. The van der Waals surface area contributed by atoms with E-state index in [1.165, 1.54) is 18.7 Å². The highest BCUT2D eigenvalue weighted by molar-refractivity contribution is 7.99. The van der Waals surface area contributed by atoms with Crippen molar-refractivity contribution in [3.8, 4) is 0 Å². The molecule has 2 heterocycles. The van der Waals surface area contributed by atoms with E-state index >= 15 is 0 Å². The van der Waals surface area contributed by atoms with Crippen molar-refractivity contribution >= 4 is 17.7 Å². The first-order valence-electron chi connectivity index (χ1n) is 23.5. The van der Waals surface area contributed by atoms with Crippen LogP contribution in [0.3, 0.4) is 0 Å². The maximum Gasteiger partial charge on any atom is 0.302 e. The summed E-state index contributed by atoms with van der Waals surface area (Å²) in [4.78, 5) is 12.5. The predicted molar refractivity (Wildman–Crippen MR) is 264 cm³/mol. The van der Waals surface area contributed by atoms with E-state index in [0.717, 1.165) is 33.4 Å². The largest absolute Gasteiger partial charge is 0.463 e. The molecule has 0 aliphatic carbocycles. The van der Waals surface area contributed by atoms with Gasteiger partial charge in [-0.05, 0) is 39.6 Å². The summed E-state index contributed by atoms with van der Waals surface area (Å²) >= 11 is 1.50. The number of benzene rings is 6. The van der Waals surface area contributed by atoms with Gasteiger partial charge in [-0.25, -0.2) is 0 Å². The summed E-state index contributed by atoms with van der Waals surface area (Å²) in [5.41, 5.74) is 5.28. The molecule has 2 aliphatic heterocycles. The number of thioether (sulfide) groups is 1. The first kappa shape index (κ1) is 50.2. The second-order valence-electron chi connectivity index (χ2n) is 17.0. The van der Waals surface area contributed by atoms with Crippen LogP contribution in [0.2, 0.25) is 0 Å². The number of carbonyl (C=O) groups is 1. The Morgan fingerprint density at radius 1 is 0.420 bits per heavy atom. The molecule has 4 unspecified atom stereocenters. The van der Waals surface area contributed by atoms with Crippen molar-refractivity contribution < 1.29 is 52.2 Å². The number of hydrogen-bond acceptors (Lipinski definition) is 12. The average Bonchev–Trinajstić information content (AvgIpc) is 3.40. The van der Waals surface area contributed by atoms with Crippen molar-refractivity contribution in [2.24, 2.45) is 0 Å². The molecule has 2 fully saturated rings. The van der Waals surface area contributed by atoms with Gasteiger partial charge in [-0.3, -0.25) is 4.79 Å². The molecule has 0 radical (unpaired) electrons. The molecule has 69 heavy (non-hydrogen) atoms. The monoisotopic (exact) mass is 954 g/mol. The van der Waals surface area contributed by atoms with Crippen LogP contribution >= 0.6 is 11.8 Å². The molecule has 12 heteroatoms. The maximum atomic E-state index is 12.5. The molecule has 8 rings (SSSR count). The predicted octanol–water partition coefficient (Wildman–Crippen LogP) is 9.89. The standard InChI is InChI=1S/C57H62O11S/c1-41(58)60-40-49-51(62-35-44-25-13-5-14-26-44)52(63-36-45-27-15-6-16-28-45)54(65-38-47-31-19-8-20-32-47)56(66-49)68-55-53(64-37-46-29-17-7-18-30-46)50(61-34-43-23-11-4-12-24-43)48(67-57(55)69-2)39-59-33-42-21-9-3-10-22-42/h3-32,48-57H,33-40H2,1-2H3/t48?,49?,50-,51-,52-,53-,54?,55?,56-,57-/m1/s1.